The fourth-order valence-electron chi connectivity index (χ4n) is 4.19. The minimum atomic E-state index is -1.04. The molecule has 2 aliphatic heterocycles. The second-order valence-corrected chi connectivity index (χ2v) is 7.04. The number of anilines is 1. The van der Waals surface area contributed by atoms with Crippen LogP contribution in [0.1, 0.15) is 24.0 Å². The average molecular weight is 366 g/mol. The summed E-state index contributed by atoms with van der Waals surface area (Å²) in [6.07, 6.45) is 0.938. The number of aliphatic hydroxyl groups is 1. The minimum absolute atomic E-state index is 0.111. The summed E-state index contributed by atoms with van der Waals surface area (Å²) in [6.45, 7) is 0.824. The Hall–Kier alpha value is -2.86. The normalized spacial score (nSPS) is 18.6. The highest BCUT2D eigenvalue weighted by Crippen LogP contribution is 2.38. The number of carboxylic acid groups (broad SMARTS) is 1. The molecule has 0 spiro atoms. The predicted molar refractivity (Wildman–Crippen MR) is 102 cm³/mol. The van der Waals surface area contributed by atoms with Crippen molar-refractivity contribution in [3.8, 4) is 11.1 Å². The molecule has 4 rings (SSSR count). The number of carbonyl (C=O) groups excluding carboxylic acids is 1. The number of amides is 2. The number of fused-ring (bicyclic) bond motifs is 1. The highest BCUT2D eigenvalue weighted by molar-refractivity contribution is 6.01. The standard InChI is InChI=1S/C21H22N2O4/c24-13-14-11-17(15-5-2-1-3-6-15)16-8-10-22(19(16)12-14)20(25)18-7-4-9-23(18)21(26)27/h1-3,5-6,11-12,18,24H,4,7-10,13H2,(H,26,27). The lowest BCUT2D eigenvalue weighted by Crippen LogP contribution is -2.47. The van der Waals surface area contributed by atoms with Crippen LogP contribution in [0.4, 0.5) is 10.5 Å². The van der Waals surface area contributed by atoms with Crippen LogP contribution >= 0.6 is 0 Å². The van der Waals surface area contributed by atoms with Gasteiger partial charge in [0.1, 0.15) is 6.04 Å². The smallest absolute Gasteiger partial charge is 0.407 e. The third-order valence-electron chi connectivity index (χ3n) is 5.48. The van der Waals surface area contributed by atoms with Crippen LogP contribution < -0.4 is 4.90 Å². The maximum Gasteiger partial charge on any atom is 0.407 e. The molecule has 0 saturated carbocycles. The van der Waals surface area contributed by atoms with E-state index in [1.54, 1.807) is 4.90 Å². The Labute approximate surface area is 157 Å². The van der Waals surface area contributed by atoms with Gasteiger partial charge in [0, 0.05) is 18.8 Å². The van der Waals surface area contributed by atoms with Crippen molar-refractivity contribution in [1.29, 1.82) is 0 Å². The van der Waals surface area contributed by atoms with Gasteiger partial charge in [-0.15, -0.1) is 0 Å². The van der Waals surface area contributed by atoms with Crippen molar-refractivity contribution in [1.82, 2.24) is 4.90 Å². The summed E-state index contributed by atoms with van der Waals surface area (Å²) in [5.74, 6) is -0.164. The SMILES string of the molecule is O=C(C1CCCN1C(=O)O)N1CCc2c(-c3ccccc3)cc(CO)cc21. The molecule has 2 heterocycles. The van der Waals surface area contributed by atoms with Gasteiger partial charge in [0.05, 0.1) is 6.61 Å². The van der Waals surface area contributed by atoms with Crippen molar-refractivity contribution in [3.63, 3.8) is 0 Å². The number of likely N-dealkylation sites (tertiary alicyclic amines) is 1. The van der Waals surface area contributed by atoms with Gasteiger partial charge in [-0.3, -0.25) is 9.69 Å². The molecule has 27 heavy (non-hydrogen) atoms. The number of rotatable bonds is 3. The first-order valence-corrected chi connectivity index (χ1v) is 9.23. The van der Waals surface area contributed by atoms with Gasteiger partial charge in [-0.25, -0.2) is 4.79 Å². The van der Waals surface area contributed by atoms with E-state index < -0.39 is 12.1 Å². The molecule has 6 nitrogen and oxygen atoms in total. The van der Waals surface area contributed by atoms with E-state index in [2.05, 4.69) is 0 Å². The van der Waals surface area contributed by atoms with Gasteiger partial charge in [-0.05, 0) is 53.6 Å². The summed E-state index contributed by atoms with van der Waals surface area (Å²) in [4.78, 5) is 27.5. The van der Waals surface area contributed by atoms with Crippen LogP contribution in [0.2, 0.25) is 0 Å². The summed E-state index contributed by atoms with van der Waals surface area (Å²) >= 11 is 0. The Kier molecular flexibility index (Phi) is 4.58. The van der Waals surface area contributed by atoms with E-state index in [0.29, 0.717) is 25.9 Å². The summed E-state index contributed by atoms with van der Waals surface area (Å²) in [5, 5.41) is 19.1. The molecule has 0 bridgehead atoms. The fourth-order valence-corrected chi connectivity index (χ4v) is 4.19. The number of hydrogen-bond donors (Lipinski definition) is 2. The van der Waals surface area contributed by atoms with E-state index in [1.165, 1.54) is 4.90 Å². The van der Waals surface area contributed by atoms with Crippen molar-refractivity contribution in [3.05, 3.63) is 53.6 Å². The third-order valence-corrected chi connectivity index (χ3v) is 5.48. The second-order valence-electron chi connectivity index (χ2n) is 7.04. The zero-order valence-corrected chi connectivity index (χ0v) is 15.0. The maximum absolute atomic E-state index is 13.1. The van der Waals surface area contributed by atoms with Crippen molar-refractivity contribution in [2.24, 2.45) is 0 Å². The van der Waals surface area contributed by atoms with Crippen molar-refractivity contribution >= 4 is 17.7 Å². The van der Waals surface area contributed by atoms with Crippen LogP contribution in [0.5, 0.6) is 0 Å². The van der Waals surface area contributed by atoms with Gasteiger partial charge >= 0.3 is 6.09 Å². The zero-order valence-electron chi connectivity index (χ0n) is 15.0. The lowest BCUT2D eigenvalue weighted by atomic mass is 9.95. The molecule has 1 unspecified atom stereocenters. The van der Waals surface area contributed by atoms with Crippen molar-refractivity contribution < 1.29 is 19.8 Å². The van der Waals surface area contributed by atoms with Gasteiger partial charge in [0.15, 0.2) is 0 Å². The molecule has 2 N–H and O–H groups in total. The molecule has 1 saturated heterocycles. The Bertz CT molecular complexity index is 881. The van der Waals surface area contributed by atoms with Crippen LogP contribution in [0.15, 0.2) is 42.5 Å². The summed E-state index contributed by atoms with van der Waals surface area (Å²) in [7, 11) is 0. The zero-order chi connectivity index (χ0) is 19.0. The lowest BCUT2D eigenvalue weighted by molar-refractivity contribution is -0.122. The number of aliphatic hydroxyl groups excluding tert-OH is 1. The quantitative estimate of drug-likeness (QED) is 0.875. The molecule has 0 radical (unpaired) electrons. The van der Waals surface area contributed by atoms with Crippen LogP contribution in [-0.4, -0.2) is 46.2 Å². The van der Waals surface area contributed by atoms with E-state index in [4.69, 9.17) is 0 Å². The predicted octanol–water partition coefficient (Wildman–Crippen LogP) is 2.88. The molecule has 0 aliphatic carbocycles. The highest BCUT2D eigenvalue weighted by Gasteiger charge is 2.39. The summed E-state index contributed by atoms with van der Waals surface area (Å²) < 4.78 is 0. The van der Waals surface area contributed by atoms with E-state index in [1.807, 2.05) is 42.5 Å². The summed E-state index contributed by atoms with van der Waals surface area (Å²) in [6, 6.07) is 13.1. The topological polar surface area (TPSA) is 81.1 Å². The molecule has 2 aromatic carbocycles. The van der Waals surface area contributed by atoms with Crippen LogP contribution in [0.3, 0.4) is 0 Å². The van der Waals surface area contributed by atoms with Crippen molar-refractivity contribution in [2.45, 2.75) is 31.9 Å². The second kappa shape index (κ2) is 7.04. The van der Waals surface area contributed by atoms with Gasteiger partial charge in [0.25, 0.3) is 0 Å². The Morgan fingerprint density at radius 3 is 2.59 bits per heavy atom. The lowest BCUT2D eigenvalue weighted by Gasteiger charge is -2.26. The third kappa shape index (κ3) is 3.06. The number of hydrogen-bond acceptors (Lipinski definition) is 3. The largest absolute Gasteiger partial charge is 0.465 e. The fraction of sp³-hybridized carbons (Fsp3) is 0.333. The van der Waals surface area contributed by atoms with E-state index in [9.17, 15) is 19.8 Å². The number of benzene rings is 2. The molecular weight excluding hydrogens is 344 g/mol. The van der Waals surface area contributed by atoms with Gasteiger partial charge in [-0.2, -0.15) is 0 Å². The molecule has 0 aromatic heterocycles. The minimum Gasteiger partial charge on any atom is -0.465 e. The van der Waals surface area contributed by atoms with Crippen LogP contribution in [-0.2, 0) is 17.8 Å². The Morgan fingerprint density at radius 2 is 1.89 bits per heavy atom. The average Bonchev–Trinajstić information content (AvgIpc) is 3.34. The molecule has 1 atom stereocenters. The van der Waals surface area contributed by atoms with E-state index in [0.717, 1.165) is 34.4 Å². The molecule has 2 aliphatic rings. The molecule has 6 heteroatoms. The number of nitrogens with zero attached hydrogens (tertiary/aromatic N) is 2. The molecule has 2 amide bonds. The first-order valence-electron chi connectivity index (χ1n) is 9.23. The summed E-state index contributed by atoms with van der Waals surface area (Å²) in [5.41, 5.74) is 4.68. The van der Waals surface area contributed by atoms with Gasteiger partial charge in [0.2, 0.25) is 5.91 Å². The Balaban J connectivity index is 1.73. The van der Waals surface area contributed by atoms with Gasteiger partial charge in [-0.1, -0.05) is 30.3 Å². The monoisotopic (exact) mass is 366 g/mol. The number of carbonyl (C=O) groups is 2. The first kappa shape index (κ1) is 17.5. The maximum atomic E-state index is 13.1. The van der Waals surface area contributed by atoms with Crippen molar-refractivity contribution in [2.75, 3.05) is 18.0 Å². The molecular formula is C21H22N2O4. The molecule has 2 aromatic rings. The van der Waals surface area contributed by atoms with Gasteiger partial charge < -0.3 is 15.1 Å². The Morgan fingerprint density at radius 1 is 1.11 bits per heavy atom. The van der Waals surface area contributed by atoms with E-state index >= 15 is 0 Å². The van der Waals surface area contributed by atoms with E-state index in [-0.39, 0.29) is 12.5 Å². The van der Waals surface area contributed by atoms with Crippen LogP contribution in [0, 0.1) is 0 Å². The van der Waals surface area contributed by atoms with Crippen LogP contribution in [0.25, 0.3) is 11.1 Å². The highest BCUT2D eigenvalue weighted by atomic mass is 16.4. The molecule has 1 fully saturated rings. The molecule has 140 valence electrons. The first-order chi connectivity index (χ1) is 13.1.